The van der Waals surface area contributed by atoms with Gasteiger partial charge in [-0.1, -0.05) is 0 Å². The van der Waals surface area contributed by atoms with E-state index in [9.17, 15) is 14.0 Å². The fourth-order valence-corrected chi connectivity index (χ4v) is 2.46. The van der Waals surface area contributed by atoms with Crippen molar-refractivity contribution in [2.75, 3.05) is 12.8 Å². The van der Waals surface area contributed by atoms with E-state index in [1.165, 1.54) is 43.7 Å². The van der Waals surface area contributed by atoms with Gasteiger partial charge in [-0.2, -0.15) is 5.10 Å². The Balaban J connectivity index is 1.66. The molecule has 8 heteroatoms. The Hall–Kier alpha value is -4.20. The summed E-state index contributed by atoms with van der Waals surface area (Å²) in [6.45, 7) is 0. The van der Waals surface area contributed by atoms with Crippen LogP contribution in [0.4, 0.5) is 10.1 Å². The van der Waals surface area contributed by atoms with Crippen LogP contribution < -0.4 is 20.6 Å². The molecule has 152 valence electrons. The second-order valence-corrected chi connectivity index (χ2v) is 6.13. The number of nitrogens with zero attached hydrogens (tertiary/aromatic N) is 1. The molecule has 0 spiro atoms. The van der Waals surface area contributed by atoms with Crippen molar-refractivity contribution in [2.45, 2.75) is 0 Å². The summed E-state index contributed by atoms with van der Waals surface area (Å²) < 4.78 is 23.6. The van der Waals surface area contributed by atoms with E-state index >= 15 is 0 Å². The molecule has 7 nitrogen and oxygen atoms in total. The zero-order valence-corrected chi connectivity index (χ0v) is 16.0. The van der Waals surface area contributed by atoms with E-state index in [1.54, 1.807) is 36.4 Å². The van der Waals surface area contributed by atoms with Crippen molar-refractivity contribution in [2.24, 2.45) is 5.10 Å². The van der Waals surface area contributed by atoms with Gasteiger partial charge in [0, 0.05) is 11.3 Å². The quantitative estimate of drug-likeness (QED) is 0.214. The second kappa shape index (κ2) is 9.33. The summed E-state index contributed by atoms with van der Waals surface area (Å²) in [5, 5.41) is 3.91. The Morgan fingerprint density at radius 1 is 0.967 bits per heavy atom. The lowest BCUT2D eigenvalue weighted by Gasteiger charge is -2.10. The maximum absolute atomic E-state index is 13.0. The standard InChI is InChI=1S/C22H18FN3O4/c1-29-20-12-14(13-25-26-21(27)15-5-9-18(24)10-6-15)2-11-19(20)30-22(28)16-3-7-17(23)8-4-16/h2-13H,24H2,1H3,(H,26,27)/b25-13+. The molecule has 1 amide bonds. The van der Waals surface area contributed by atoms with Crippen molar-refractivity contribution in [3.05, 3.63) is 89.2 Å². The number of carbonyl (C=O) groups excluding carboxylic acids is 2. The normalized spacial score (nSPS) is 10.6. The third kappa shape index (κ3) is 5.20. The highest BCUT2D eigenvalue weighted by molar-refractivity contribution is 5.95. The third-order valence-electron chi connectivity index (χ3n) is 4.02. The van der Waals surface area contributed by atoms with E-state index in [4.69, 9.17) is 15.2 Å². The average molecular weight is 407 g/mol. The summed E-state index contributed by atoms with van der Waals surface area (Å²) in [7, 11) is 1.42. The number of amides is 1. The van der Waals surface area contributed by atoms with Gasteiger partial charge in [-0.05, 0) is 72.3 Å². The van der Waals surface area contributed by atoms with Crippen LogP contribution >= 0.6 is 0 Å². The van der Waals surface area contributed by atoms with Crippen LogP contribution in [-0.2, 0) is 0 Å². The monoisotopic (exact) mass is 407 g/mol. The summed E-state index contributed by atoms with van der Waals surface area (Å²) >= 11 is 0. The number of benzene rings is 3. The second-order valence-electron chi connectivity index (χ2n) is 6.13. The number of halogens is 1. The number of carbonyl (C=O) groups is 2. The Morgan fingerprint density at radius 2 is 1.63 bits per heavy atom. The highest BCUT2D eigenvalue weighted by Gasteiger charge is 2.13. The SMILES string of the molecule is COc1cc(/C=N/NC(=O)c2ccc(N)cc2)ccc1OC(=O)c1ccc(F)cc1. The summed E-state index contributed by atoms with van der Waals surface area (Å²) in [6.07, 6.45) is 1.42. The van der Waals surface area contributed by atoms with Crippen molar-refractivity contribution >= 4 is 23.8 Å². The first kappa shape index (κ1) is 20.5. The lowest BCUT2D eigenvalue weighted by Crippen LogP contribution is -2.17. The van der Waals surface area contributed by atoms with Crippen LogP contribution in [0.1, 0.15) is 26.3 Å². The van der Waals surface area contributed by atoms with Crippen LogP contribution in [0.5, 0.6) is 11.5 Å². The Kier molecular flexibility index (Phi) is 6.39. The van der Waals surface area contributed by atoms with E-state index in [2.05, 4.69) is 10.5 Å². The number of anilines is 1. The Morgan fingerprint density at radius 3 is 2.30 bits per heavy atom. The molecule has 0 unspecified atom stereocenters. The molecule has 0 aliphatic rings. The van der Waals surface area contributed by atoms with Crippen molar-refractivity contribution < 1.29 is 23.5 Å². The minimum atomic E-state index is -0.648. The van der Waals surface area contributed by atoms with Crippen LogP contribution in [0.15, 0.2) is 71.8 Å². The number of nitrogens with two attached hydrogens (primary N) is 1. The van der Waals surface area contributed by atoms with Gasteiger partial charge in [0.05, 0.1) is 18.9 Å². The molecule has 0 bridgehead atoms. The molecular formula is C22H18FN3O4. The highest BCUT2D eigenvalue weighted by Crippen LogP contribution is 2.28. The lowest BCUT2D eigenvalue weighted by atomic mass is 10.2. The van der Waals surface area contributed by atoms with Gasteiger partial charge >= 0.3 is 5.97 Å². The number of nitrogen functional groups attached to an aromatic ring is 1. The van der Waals surface area contributed by atoms with E-state index in [-0.39, 0.29) is 17.2 Å². The first-order valence-corrected chi connectivity index (χ1v) is 8.81. The maximum Gasteiger partial charge on any atom is 0.343 e. The number of methoxy groups -OCH3 is 1. The van der Waals surface area contributed by atoms with Crippen molar-refractivity contribution in [1.82, 2.24) is 5.43 Å². The van der Waals surface area contributed by atoms with Gasteiger partial charge in [0.25, 0.3) is 5.91 Å². The zero-order valence-electron chi connectivity index (χ0n) is 16.0. The van der Waals surface area contributed by atoms with E-state index < -0.39 is 11.8 Å². The van der Waals surface area contributed by atoms with Crippen LogP contribution in [0.2, 0.25) is 0 Å². The average Bonchev–Trinajstić information content (AvgIpc) is 2.75. The number of ether oxygens (including phenoxy) is 2. The van der Waals surface area contributed by atoms with Gasteiger partial charge in [0.1, 0.15) is 5.82 Å². The van der Waals surface area contributed by atoms with Gasteiger partial charge in [-0.25, -0.2) is 14.6 Å². The number of esters is 1. The number of nitrogens with one attached hydrogen (secondary N) is 1. The molecular weight excluding hydrogens is 389 g/mol. The Bertz CT molecular complexity index is 1080. The van der Waals surface area contributed by atoms with Gasteiger partial charge < -0.3 is 15.2 Å². The van der Waals surface area contributed by atoms with Crippen LogP contribution in [0.3, 0.4) is 0 Å². The summed E-state index contributed by atoms with van der Waals surface area (Å²) in [5.41, 5.74) is 9.78. The van der Waals surface area contributed by atoms with E-state index in [0.717, 1.165) is 0 Å². The molecule has 0 radical (unpaired) electrons. The minimum absolute atomic E-state index is 0.190. The molecule has 0 saturated carbocycles. The molecule has 3 rings (SSSR count). The van der Waals surface area contributed by atoms with Crippen molar-refractivity contribution in [3.8, 4) is 11.5 Å². The third-order valence-corrected chi connectivity index (χ3v) is 4.02. The molecule has 0 aliphatic heterocycles. The summed E-state index contributed by atoms with van der Waals surface area (Å²) in [5.74, 6) is -1.00. The van der Waals surface area contributed by atoms with Crippen LogP contribution in [0.25, 0.3) is 0 Å². The smallest absolute Gasteiger partial charge is 0.343 e. The topological polar surface area (TPSA) is 103 Å². The largest absolute Gasteiger partial charge is 0.493 e. The van der Waals surface area contributed by atoms with E-state index in [0.29, 0.717) is 22.6 Å². The summed E-state index contributed by atoms with van der Waals surface area (Å²) in [4.78, 5) is 24.2. The molecule has 3 aromatic rings. The van der Waals surface area contributed by atoms with Crippen LogP contribution in [-0.4, -0.2) is 25.2 Å². The highest BCUT2D eigenvalue weighted by atomic mass is 19.1. The van der Waals surface area contributed by atoms with Gasteiger partial charge in [-0.15, -0.1) is 0 Å². The lowest BCUT2D eigenvalue weighted by molar-refractivity contribution is 0.0729. The first-order valence-electron chi connectivity index (χ1n) is 8.81. The first-order chi connectivity index (χ1) is 14.5. The molecule has 3 aromatic carbocycles. The predicted molar refractivity (Wildman–Crippen MR) is 110 cm³/mol. The van der Waals surface area contributed by atoms with Gasteiger partial charge in [0.15, 0.2) is 11.5 Å². The molecule has 0 atom stereocenters. The molecule has 0 heterocycles. The number of rotatable bonds is 6. The van der Waals surface area contributed by atoms with E-state index in [1.807, 2.05) is 0 Å². The fraction of sp³-hybridized carbons (Fsp3) is 0.0455. The number of hydrogen-bond donors (Lipinski definition) is 2. The molecule has 0 aliphatic carbocycles. The van der Waals surface area contributed by atoms with Crippen molar-refractivity contribution in [3.63, 3.8) is 0 Å². The molecule has 0 saturated heterocycles. The molecule has 3 N–H and O–H groups in total. The van der Waals surface area contributed by atoms with Crippen molar-refractivity contribution in [1.29, 1.82) is 0 Å². The molecule has 0 fully saturated rings. The minimum Gasteiger partial charge on any atom is -0.493 e. The van der Waals surface area contributed by atoms with Crippen LogP contribution in [0, 0.1) is 5.82 Å². The van der Waals surface area contributed by atoms with Gasteiger partial charge in [-0.3, -0.25) is 4.79 Å². The maximum atomic E-state index is 13.0. The molecule has 30 heavy (non-hydrogen) atoms. The fourth-order valence-electron chi connectivity index (χ4n) is 2.46. The zero-order chi connectivity index (χ0) is 21.5. The molecule has 0 aromatic heterocycles. The Labute approximate surface area is 171 Å². The summed E-state index contributed by atoms with van der Waals surface area (Å²) in [6, 6.07) is 16.2. The predicted octanol–water partition coefficient (Wildman–Crippen LogP) is 3.40. The number of hydrogen-bond acceptors (Lipinski definition) is 6. The van der Waals surface area contributed by atoms with Gasteiger partial charge in [0.2, 0.25) is 0 Å². The number of hydrazone groups is 1.